The second-order valence-corrected chi connectivity index (χ2v) is 7.12. The molecule has 1 aromatic rings. The molecule has 9 heteroatoms. The summed E-state index contributed by atoms with van der Waals surface area (Å²) in [6.45, 7) is 1.01. The number of hydrogen-bond donors (Lipinski definition) is 1. The highest BCUT2D eigenvalue weighted by Crippen LogP contribution is 2.31. The van der Waals surface area contributed by atoms with Gasteiger partial charge in [-0.05, 0) is 34.5 Å². The van der Waals surface area contributed by atoms with Crippen LogP contribution >= 0.6 is 27.5 Å². The Morgan fingerprint density at radius 3 is 2.62 bits per heavy atom. The van der Waals surface area contributed by atoms with Crippen molar-refractivity contribution >= 4 is 43.5 Å². The summed E-state index contributed by atoms with van der Waals surface area (Å²) in [5, 5.41) is 5.22. The summed E-state index contributed by atoms with van der Waals surface area (Å²) >= 11 is 9.00. The molecule has 0 heterocycles. The van der Waals surface area contributed by atoms with Crippen LogP contribution in [0.1, 0.15) is 16.8 Å². The highest BCUT2D eigenvalue weighted by atomic mass is 79.9. The smallest absolute Gasteiger partial charge is 0.253 e. The molecule has 1 amide bonds. The molecule has 0 saturated heterocycles. The predicted molar refractivity (Wildman–Crippen MR) is 84.0 cm³/mol. The van der Waals surface area contributed by atoms with Crippen molar-refractivity contribution in [1.29, 1.82) is 0 Å². The van der Waals surface area contributed by atoms with E-state index in [0.717, 1.165) is 0 Å². The first-order chi connectivity index (χ1) is 9.68. The number of halogens is 2. The minimum Gasteiger partial charge on any atom is -0.385 e. The lowest BCUT2D eigenvalue weighted by molar-refractivity contribution is 0.0779. The summed E-state index contributed by atoms with van der Waals surface area (Å²) < 4.78 is 28.1. The molecule has 0 atom stereocenters. The molecule has 0 fully saturated rings. The number of nitrogens with two attached hydrogens (primary N) is 1. The lowest BCUT2D eigenvalue weighted by Gasteiger charge is -2.18. The Bertz CT molecular complexity index is 636. The Kier molecular flexibility index (Phi) is 6.61. The van der Waals surface area contributed by atoms with Gasteiger partial charge >= 0.3 is 0 Å². The summed E-state index contributed by atoms with van der Waals surface area (Å²) in [6.07, 6.45) is 0.672. The van der Waals surface area contributed by atoms with Crippen molar-refractivity contribution in [2.75, 3.05) is 27.3 Å². The first-order valence-electron chi connectivity index (χ1n) is 5.94. The van der Waals surface area contributed by atoms with Gasteiger partial charge in [-0.1, -0.05) is 11.6 Å². The van der Waals surface area contributed by atoms with E-state index in [0.29, 0.717) is 19.6 Å². The Morgan fingerprint density at radius 1 is 1.48 bits per heavy atom. The van der Waals surface area contributed by atoms with Crippen molar-refractivity contribution in [2.45, 2.75) is 11.3 Å². The van der Waals surface area contributed by atoms with Gasteiger partial charge in [0.05, 0.1) is 14.4 Å². The van der Waals surface area contributed by atoms with E-state index in [1.54, 1.807) is 14.2 Å². The van der Waals surface area contributed by atoms with Crippen molar-refractivity contribution in [1.82, 2.24) is 4.90 Å². The largest absolute Gasteiger partial charge is 0.385 e. The number of primary sulfonamides is 1. The Balaban J connectivity index is 3.09. The lowest BCUT2D eigenvalue weighted by Crippen LogP contribution is -2.28. The number of nitrogens with zero attached hydrogens (tertiary/aromatic N) is 1. The van der Waals surface area contributed by atoms with E-state index in [2.05, 4.69) is 15.9 Å². The third kappa shape index (κ3) is 4.93. The van der Waals surface area contributed by atoms with E-state index in [1.165, 1.54) is 17.0 Å². The number of sulfonamides is 1. The molecule has 2 N–H and O–H groups in total. The first-order valence-corrected chi connectivity index (χ1v) is 8.66. The predicted octanol–water partition coefficient (Wildman–Crippen LogP) is 1.86. The van der Waals surface area contributed by atoms with Crippen LogP contribution in [0.5, 0.6) is 0 Å². The van der Waals surface area contributed by atoms with Gasteiger partial charge in [0.15, 0.2) is 0 Å². The fourth-order valence-corrected chi connectivity index (χ4v) is 3.49. The minimum absolute atomic E-state index is 0.107. The number of hydrogen-bond acceptors (Lipinski definition) is 4. The van der Waals surface area contributed by atoms with Gasteiger partial charge in [-0.2, -0.15) is 0 Å². The van der Waals surface area contributed by atoms with E-state index >= 15 is 0 Å². The van der Waals surface area contributed by atoms with Gasteiger partial charge in [0.2, 0.25) is 10.0 Å². The maximum absolute atomic E-state index is 12.3. The number of methoxy groups -OCH3 is 1. The number of carbonyl (C=O) groups is 1. The zero-order valence-electron chi connectivity index (χ0n) is 11.6. The van der Waals surface area contributed by atoms with Gasteiger partial charge in [0, 0.05) is 32.9 Å². The molecule has 6 nitrogen and oxygen atoms in total. The fraction of sp³-hybridized carbons (Fsp3) is 0.417. The van der Waals surface area contributed by atoms with Crippen LogP contribution in [0.2, 0.25) is 5.02 Å². The summed E-state index contributed by atoms with van der Waals surface area (Å²) in [6, 6.07) is 2.61. The molecular weight excluding hydrogens is 384 g/mol. The van der Waals surface area contributed by atoms with E-state index in [1.807, 2.05) is 0 Å². The monoisotopic (exact) mass is 398 g/mol. The first kappa shape index (κ1) is 18.4. The van der Waals surface area contributed by atoms with Gasteiger partial charge in [-0.25, -0.2) is 13.6 Å². The van der Waals surface area contributed by atoms with Crippen molar-refractivity contribution in [2.24, 2.45) is 5.14 Å². The van der Waals surface area contributed by atoms with Crippen LogP contribution in [0.15, 0.2) is 21.5 Å². The van der Waals surface area contributed by atoms with E-state index in [4.69, 9.17) is 21.5 Å². The standard InChI is InChI=1S/C12H16BrClN2O4S/c1-16(4-3-5-20-2)12(17)8-6-9(14)11(13)10(7-8)21(15,18)19/h6-7H,3-5H2,1-2H3,(H2,15,18,19). The molecule has 1 aromatic carbocycles. The maximum Gasteiger partial charge on any atom is 0.253 e. The normalized spacial score (nSPS) is 11.5. The maximum atomic E-state index is 12.3. The molecule has 21 heavy (non-hydrogen) atoms. The molecule has 0 unspecified atom stereocenters. The molecule has 0 aliphatic rings. The van der Waals surface area contributed by atoms with Crippen LogP contribution in [0.4, 0.5) is 0 Å². The van der Waals surface area contributed by atoms with Crippen molar-refractivity contribution in [3.63, 3.8) is 0 Å². The van der Waals surface area contributed by atoms with Crippen LogP contribution in [-0.2, 0) is 14.8 Å². The average molecular weight is 400 g/mol. The average Bonchev–Trinajstić information content (AvgIpc) is 2.39. The zero-order valence-corrected chi connectivity index (χ0v) is 14.8. The summed E-state index contributed by atoms with van der Waals surface area (Å²) in [4.78, 5) is 13.5. The third-order valence-corrected chi connectivity index (χ3v) is 5.32. The highest BCUT2D eigenvalue weighted by Gasteiger charge is 2.20. The SMILES string of the molecule is COCCCN(C)C(=O)c1cc(Cl)c(Br)c(S(N)(=O)=O)c1. The molecular formula is C12H16BrClN2O4S. The quantitative estimate of drug-likeness (QED) is 0.739. The molecule has 0 saturated carbocycles. The molecule has 1 rings (SSSR count). The Hall–Kier alpha value is -0.670. The van der Waals surface area contributed by atoms with Gasteiger partial charge in [-0.15, -0.1) is 0 Å². The lowest BCUT2D eigenvalue weighted by atomic mass is 10.2. The van der Waals surface area contributed by atoms with Gasteiger partial charge < -0.3 is 9.64 Å². The Labute approximate surface area is 137 Å². The van der Waals surface area contributed by atoms with E-state index < -0.39 is 10.0 Å². The Morgan fingerprint density at radius 2 is 2.10 bits per heavy atom. The summed E-state index contributed by atoms with van der Waals surface area (Å²) in [7, 11) is -0.787. The number of carbonyl (C=O) groups excluding carboxylic acids is 1. The van der Waals surface area contributed by atoms with Gasteiger partial charge in [0.1, 0.15) is 0 Å². The third-order valence-electron chi connectivity index (χ3n) is 2.74. The molecule has 0 aromatic heterocycles. The second-order valence-electron chi connectivity index (χ2n) is 4.39. The summed E-state index contributed by atoms with van der Waals surface area (Å²) in [5.74, 6) is -0.342. The van der Waals surface area contributed by atoms with E-state index in [-0.39, 0.29) is 25.9 Å². The van der Waals surface area contributed by atoms with E-state index in [9.17, 15) is 13.2 Å². The number of benzene rings is 1. The van der Waals surface area contributed by atoms with Crippen molar-refractivity contribution in [3.8, 4) is 0 Å². The molecule has 0 aliphatic heterocycles. The molecule has 0 radical (unpaired) electrons. The topological polar surface area (TPSA) is 89.7 Å². The van der Waals surface area contributed by atoms with Crippen LogP contribution in [-0.4, -0.2) is 46.5 Å². The number of rotatable bonds is 6. The molecule has 0 bridgehead atoms. The molecule has 0 spiro atoms. The van der Waals surface area contributed by atoms with Crippen LogP contribution < -0.4 is 5.14 Å². The minimum atomic E-state index is -3.98. The van der Waals surface area contributed by atoms with Crippen LogP contribution in [0.3, 0.4) is 0 Å². The fourth-order valence-electron chi connectivity index (χ4n) is 1.66. The van der Waals surface area contributed by atoms with Crippen molar-refractivity contribution < 1.29 is 17.9 Å². The number of amides is 1. The van der Waals surface area contributed by atoms with Crippen molar-refractivity contribution in [3.05, 3.63) is 27.2 Å². The number of ether oxygens (including phenoxy) is 1. The van der Waals surface area contributed by atoms with Gasteiger partial charge in [0.25, 0.3) is 5.91 Å². The highest BCUT2D eigenvalue weighted by molar-refractivity contribution is 9.10. The van der Waals surface area contributed by atoms with Crippen LogP contribution in [0, 0.1) is 0 Å². The van der Waals surface area contributed by atoms with Gasteiger partial charge in [-0.3, -0.25) is 4.79 Å². The molecule has 118 valence electrons. The second kappa shape index (κ2) is 7.55. The summed E-state index contributed by atoms with van der Waals surface area (Å²) in [5.41, 5.74) is 0.159. The van der Waals surface area contributed by atoms with Crippen LogP contribution in [0.25, 0.3) is 0 Å². The molecule has 0 aliphatic carbocycles. The zero-order chi connectivity index (χ0) is 16.2.